The standard InChI is InChI=1S/C3H7NO.Na.H2/c1-3(5)4-2;;/h1-2H3,(H,4,5);;1H/q;+1;/p-1. The number of carbonyl (C=O) groups is 1. The molecule has 0 heterocycles. The number of hydrogen-bond donors (Lipinski definition) is 0. The topological polar surface area (TPSA) is 31.2 Å². The molecule has 0 aliphatic rings. The molecule has 0 aliphatic heterocycles. The third-order valence-electron chi connectivity index (χ3n) is 0.315. The monoisotopic (exact) mass is 97.1 g/mol. The van der Waals surface area contributed by atoms with E-state index in [0.29, 0.717) is 0 Å². The van der Waals surface area contributed by atoms with Crippen LogP contribution in [0.3, 0.4) is 0 Å². The first kappa shape index (κ1) is 9.69. The molecule has 0 radical (unpaired) electrons. The van der Waals surface area contributed by atoms with Gasteiger partial charge in [0, 0.05) is 7.33 Å². The summed E-state index contributed by atoms with van der Waals surface area (Å²) in [6, 6.07) is 0. The van der Waals surface area contributed by atoms with Gasteiger partial charge in [0.15, 0.2) is 0 Å². The molecule has 1 amide bonds. The van der Waals surface area contributed by atoms with Gasteiger partial charge in [0.1, 0.15) is 0 Å². The van der Waals surface area contributed by atoms with Crippen LogP contribution < -0.4 is 29.6 Å². The predicted octanol–water partition coefficient (Wildman–Crippen LogP) is -2.21. The molecule has 0 unspecified atom stereocenters. The van der Waals surface area contributed by atoms with Gasteiger partial charge in [-0.1, -0.05) is 0 Å². The van der Waals surface area contributed by atoms with Gasteiger partial charge in [-0.25, -0.2) is 0 Å². The summed E-state index contributed by atoms with van der Waals surface area (Å²) >= 11 is 0. The number of rotatable bonds is 0. The van der Waals surface area contributed by atoms with Crippen molar-refractivity contribution in [2.45, 2.75) is 6.92 Å². The van der Waals surface area contributed by atoms with Gasteiger partial charge in [-0.2, -0.15) is 0 Å². The van der Waals surface area contributed by atoms with E-state index < -0.39 is 0 Å². The summed E-state index contributed by atoms with van der Waals surface area (Å²) in [5.74, 6) is -0.120. The van der Waals surface area contributed by atoms with Crippen LogP contribution in [0.25, 0.3) is 5.32 Å². The van der Waals surface area contributed by atoms with Crippen molar-refractivity contribution >= 4 is 5.91 Å². The Hall–Kier alpha value is 0.470. The summed E-state index contributed by atoms with van der Waals surface area (Å²) in [4.78, 5) is 9.65. The van der Waals surface area contributed by atoms with Gasteiger partial charge in [-0.3, -0.25) is 0 Å². The maximum atomic E-state index is 9.65. The molecule has 0 fully saturated rings. The average molecular weight is 97.1 g/mol. The van der Waals surface area contributed by atoms with Crippen LogP contribution >= 0.6 is 0 Å². The summed E-state index contributed by atoms with van der Waals surface area (Å²) in [7, 11) is 1.47. The molecule has 32 valence electrons. The molecule has 0 spiro atoms. The minimum atomic E-state index is -0.120. The van der Waals surface area contributed by atoms with Crippen molar-refractivity contribution in [3.63, 3.8) is 0 Å². The molecule has 0 bridgehead atoms. The molecule has 0 saturated heterocycles. The molecule has 0 aromatic heterocycles. The van der Waals surface area contributed by atoms with Gasteiger partial charge >= 0.3 is 29.6 Å². The first-order chi connectivity index (χ1) is 2.27. The molecule has 0 N–H and O–H groups in total. The van der Waals surface area contributed by atoms with Crippen LogP contribution in [0.5, 0.6) is 0 Å². The smallest absolute Gasteiger partial charge is 0.656 e. The molecule has 3 heteroatoms. The maximum Gasteiger partial charge on any atom is 1.00 e. The van der Waals surface area contributed by atoms with Gasteiger partial charge in [0.2, 0.25) is 0 Å². The van der Waals surface area contributed by atoms with Gasteiger partial charge in [0.05, 0.1) is 0 Å². The fourth-order valence-electron chi connectivity index (χ4n) is 0. The maximum absolute atomic E-state index is 9.65. The number of nitrogens with zero attached hydrogens (tertiary/aromatic N) is 1. The van der Waals surface area contributed by atoms with Crippen LogP contribution in [0.2, 0.25) is 0 Å². The van der Waals surface area contributed by atoms with E-state index in [2.05, 4.69) is 5.32 Å². The van der Waals surface area contributed by atoms with Crippen molar-refractivity contribution < 1.29 is 35.8 Å². The number of carbonyl (C=O) groups excluding carboxylic acids is 1. The zero-order chi connectivity index (χ0) is 4.28. The van der Waals surface area contributed by atoms with Gasteiger partial charge in [0.25, 0.3) is 0 Å². The predicted molar refractivity (Wildman–Crippen MR) is 22.1 cm³/mol. The van der Waals surface area contributed by atoms with E-state index in [1.165, 1.54) is 14.0 Å². The van der Waals surface area contributed by atoms with Crippen molar-refractivity contribution in [3.8, 4) is 0 Å². The van der Waals surface area contributed by atoms with Crippen molar-refractivity contribution in [1.29, 1.82) is 0 Å². The quantitative estimate of drug-likeness (QED) is 0.315. The van der Waals surface area contributed by atoms with Crippen molar-refractivity contribution in [2.24, 2.45) is 0 Å². The number of hydrogen-bond acceptors (Lipinski definition) is 1. The van der Waals surface area contributed by atoms with E-state index in [1.807, 2.05) is 0 Å². The summed E-state index contributed by atoms with van der Waals surface area (Å²) in [5.41, 5.74) is 0. The molecule has 0 aliphatic carbocycles. The molecule has 2 nitrogen and oxygen atoms in total. The Morgan fingerprint density at radius 2 is 2.00 bits per heavy atom. The molecule has 0 atom stereocenters. The zero-order valence-corrected chi connectivity index (χ0v) is 6.36. The zero-order valence-electron chi connectivity index (χ0n) is 4.36. The summed E-state index contributed by atoms with van der Waals surface area (Å²) in [5, 5.41) is 3.25. The van der Waals surface area contributed by atoms with E-state index >= 15 is 0 Å². The average Bonchev–Trinajstić information content (AvgIpc) is 1.38. The minimum absolute atomic E-state index is 0. The van der Waals surface area contributed by atoms with Crippen LogP contribution in [0.1, 0.15) is 8.35 Å². The summed E-state index contributed by atoms with van der Waals surface area (Å²) in [6.07, 6.45) is 0. The van der Waals surface area contributed by atoms with E-state index in [9.17, 15) is 4.79 Å². The molecule has 0 aromatic carbocycles. The van der Waals surface area contributed by atoms with Crippen LogP contribution in [0.15, 0.2) is 0 Å². The largest absolute Gasteiger partial charge is 1.00 e. The molecule has 0 saturated carbocycles. The Kier molecular flexibility index (Phi) is 8.83. The van der Waals surface area contributed by atoms with E-state index in [0.717, 1.165) is 0 Å². The summed E-state index contributed by atoms with van der Waals surface area (Å²) < 4.78 is 0. The first-order valence-corrected chi connectivity index (χ1v) is 1.37. The Morgan fingerprint density at radius 1 is 1.83 bits per heavy atom. The van der Waals surface area contributed by atoms with Crippen molar-refractivity contribution in [1.82, 2.24) is 0 Å². The van der Waals surface area contributed by atoms with Crippen LogP contribution in [-0.4, -0.2) is 13.0 Å². The minimum Gasteiger partial charge on any atom is -0.656 e. The van der Waals surface area contributed by atoms with Crippen LogP contribution in [-0.2, 0) is 4.79 Å². The molecule has 0 rings (SSSR count). The normalized spacial score (nSPS) is 5.67. The fourth-order valence-corrected chi connectivity index (χ4v) is 0. The van der Waals surface area contributed by atoms with Crippen LogP contribution in [0.4, 0.5) is 0 Å². The Bertz CT molecular complexity index is 50.2. The second-order valence-corrected chi connectivity index (χ2v) is 0.743. The Labute approximate surface area is 61.1 Å². The van der Waals surface area contributed by atoms with Crippen molar-refractivity contribution in [2.75, 3.05) is 7.05 Å². The van der Waals surface area contributed by atoms with Crippen molar-refractivity contribution in [3.05, 3.63) is 5.32 Å². The van der Waals surface area contributed by atoms with Gasteiger partial charge < -0.3 is 10.1 Å². The summed E-state index contributed by atoms with van der Waals surface area (Å²) in [6.45, 7) is 1.42. The van der Waals surface area contributed by atoms with Gasteiger partial charge in [-0.15, -0.1) is 7.05 Å². The van der Waals surface area contributed by atoms with E-state index in [1.54, 1.807) is 0 Å². The van der Waals surface area contributed by atoms with Gasteiger partial charge in [-0.05, 0) is 6.92 Å². The van der Waals surface area contributed by atoms with E-state index in [-0.39, 0.29) is 36.9 Å². The van der Waals surface area contributed by atoms with E-state index in [4.69, 9.17) is 0 Å². The molecule has 0 aromatic rings. The molecular formula is C3H8NNaO. The Morgan fingerprint density at radius 3 is 2.00 bits per heavy atom. The first-order valence-electron chi connectivity index (χ1n) is 1.37. The Balaban J connectivity index is -0.0000000800. The molecule has 6 heavy (non-hydrogen) atoms. The molecular weight excluding hydrogens is 89.0 g/mol. The fraction of sp³-hybridized carbons (Fsp3) is 0.667. The SMILES string of the molecule is C[N-]C(C)=O.[HH].[Na+]. The third kappa shape index (κ3) is 8.82. The number of amides is 1. The second-order valence-electron chi connectivity index (χ2n) is 0.743. The third-order valence-corrected chi connectivity index (χ3v) is 0.315. The van der Waals surface area contributed by atoms with Crippen LogP contribution in [0, 0.1) is 0 Å². The second kappa shape index (κ2) is 5.47.